The third-order valence-corrected chi connectivity index (χ3v) is 6.58. The number of rotatable bonds is 4. The van der Waals surface area contributed by atoms with Crippen LogP contribution in [0.4, 0.5) is 5.13 Å². The highest BCUT2D eigenvalue weighted by atomic mass is 32.1. The number of amides is 1. The second-order valence-corrected chi connectivity index (χ2v) is 8.41. The number of fused-ring (bicyclic) bond motifs is 1. The van der Waals surface area contributed by atoms with Crippen LogP contribution in [0.5, 0.6) is 0 Å². The van der Waals surface area contributed by atoms with Gasteiger partial charge in [0.15, 0.2) is 5.13 Å². The summed E-state index contributed by atoms with van der Waals surface area (Å²) in [4.78, 5) is 21.5. The van der Waals surface area contributed by atoms with E-state index < -0.39 is 0 Å². The minimum Gasteiger partial charge on any atom is -0.302 e. The normalized spacial score (nSPS) is 11.1. The van der Waals surface area contributed by atoms with E-state index in [-0.39, 0.29) is 12.3 Å². The number of thiazole rings is 2. The minimum absolute atomic E-state index is 0.0865. The van der Waals surface area contributed by atoms with Crippen LogP contribution < -0.4 is 5.32 Å². The van der Waals surface area contributed by atoms with Gasteiger partial charge in [-0.15, -0.1) is 11.3 Å². The third kappa shape index (κ3) is 3.35. The lowest BCUT2D eigenvalue weighted by atomic mass is 10.1. The van der Waals surface area contributed by atoms with Crippen LogP contribution in [0.1, 0.15) is 16.8 Å². The number of carbonyl (C=O) groups excluding carboxylic acids is 1. The molecular formula is C18H15N3OS3. The molecule has 4 nitrogen and oxygen atoms in total. The molecule has 25 heavy (non-hydrogen) atoms. The Bertz CT molecular complexity index is 1010. The summed E-state index contributed by atoms with van der Waals surface area (Å²) in [7, 11) is 0. The minimum atomic E-state index is -0.0865. The molecule has 0 saturated heterocycles. The summed E-state index contributed by atoms with van der Waals surface area (Å²) >= 11 is 4.73. The molecule has 0 aliphatic rings. The van der Waals surface area contributed by atoms with Gasteiger partial charge in [-0.05, 0) is 36.4 Å². The quantitative estimate of drug-likeness (QED) is 0.520. The van der Waals surface area contributed by atoms with Gasteiger partial charge in [-0.1, -0.05) is 23.5 Å². The van der Waals surface area contributed by atoms with E-state index in [2.05, 4.69) is 39.7 Å². The molecule has 0 radical (unpaired) electrons. The van der Waals surface area contributed by atoms with E-state index in [4.69, 9.17) is 0 Å². The molecule has 7 heteroatoms. The number of nitrogens with one attached hydrogen (secondary N) is 1. The molecule has 126 valence electrons. The topological polar surface area (TPSA) is 54.9 Å². The first-order valence-corrected chi connectivity index (χ1v) is 10.4. The molecule has 0 fully saturated rings. The van der Waals surface area contributed by atoms with Gasteiger partial charge in [0.25, 0.3) is 0 Å². The predicted octanol–water partition coefficient (Wildman–Crippen LogP) is 5.28. The smallest absolute Gasteiger partial charge is 0.232 e. The highest BCUT2D eigenvalue weighted by molar-refractivity contribution is 7.22. The van der Waals surface area contributed by atoms with Gasteiger partial charge in [0.1, 0.15) is 5.01 Å². The Balaban J connectivity index is 1.49. The Labute approximate surface area is 157 Å². The van der Waals surface area contributed by atoms with Gasteiger partial charge in [0.2, 0.25) is 5.91 Å². The summed E-state index contributed by atoms with van der Waals surface area (Å²) in [6.07, 6.45) is 0.258. The maximum absolute atomic E-state index is 12.3. The van der Waals surface area contributed by atoms with Gasteiger partial charge in [-0.25, -0.2) is 9.97 Å². The molecule has 3 heterocycles. The lowest BCUT2D eigenvalue weighted by Gasteiger charge is -1.98. The van der Waals surface area contributed by atoms with Crippen molar-refractivity contribution in [2.24, 2.45) is 0 Å². The van der Waals surface area contributed by atoms with Gasteiger partial charge in [0.05, 0.1) is 22.3 Å². The number of nitrogens with zero attached hydrogens (tertiary/aromatic N) is 2. The van der Waals surface area contributed by atoms with Crippen molar-refractivity contribution in [2.75, 3.05) is 5.32 Å². The fraction of sp³-hybridized carbons (Fsp3) is 0.167. The maximum Gasteiger partial charge on any atom is 0.232 e. The van der Waals surface area contributed by atoms with Crippen molar-refractivity contribution in [3.05, 3.63) is 51.2 Å². The molecule has 0 aliphatic heterocycles. The average Bonchev–Trinajstić information content (AvgIpc) is 3.30. The fourth-order valence-corrected chi connectivity index (χ4v) is 5.11. The average molecular weight is 386 g/mol. The molecule has 0 aliphatic carbocycles. The van der Waals surface area contributed by atoms with E-state index in [9.17, 15) is 4.79 Å². The Morgan fingerprint density at radius 3 is 2.72 bits per heavy atom. The molecule has 1 N–H and O–H groups in total. The summed E-state index contributed by atoms with van der Waals surface area (Å²) in [6.45, 7) is 4.10. The van der Waals surface area contributed by atoms with E-state index in [0.717, 1.165) is 32.0 Å². The SMILES string of the molecule is Cc1ccc(C)c2sc(NC(=O)Cc3csc(-c4ccsc4)n3)nc12. The molecule has 0 saturated carbocycles. The monoisotopic (exact) mass is 385 g/mol. The zero-order chi connectivity index (χ0) is 17.4. The van der Waals surface area contributed by atoms with Crippen LogP contribution in [0.15, 0.2) is 34.3 Å². The number of carbonyl (C=O) groups is 1. The van der Waals surface area contributed by atoms with Crippen LogP contribution in [0.2, 0.25) is 0 Å². The Kier molecular flexibility index (Phi) is 4.37. The van der Waals surface area contributed by atoms with E-state index in [1.54, 1.807) is 22.7 Å². The van der Waals surface area contributed by atoms with Gasteiger partial charge in [-0.2, -0.15) is 11.3 Å². The molecule has 0 unspecified atom stereocenters. The van der Waals surface area contributed by atoms with Crippen molar-refractivity contribution in [1.29, 1.82) is 0 Å². The Morgan fingerprint density at radius 2 is 1.96 bits per heavy atom. The number of aryl methyl sites for hydroxylation is 2. The third-order valence-electron chi connectivity index (χ3n) is 3.85. The van der Waals surface area contributed by atoms with Crippen LogP contribution in [0.3, 0.4) is 0 Å². The van der Waals surface area contributed by atoms with Crippen molar-refractivity contribution in [2.45, 2.75) is 20.3 Å². The summed E-state index contributed by atoms with van der Waals surface area (Å²) in [5, 5.41) is 10.5. The maximum atomic E-state index is 12.3. The molecule has 0 bridgehead atoms. The molecule has 0 spiro atoms. The zero-order valence-corrected chi connectivity index (χ0v) is 16.1. The lowest BCUT2D eigenvalue weighted by Crippen LogP contribution is -2.14. The number of hydrogen-bond donors (Lipinski definition) is 1. The molecule has 1 amide bonds. The first-order chi connectivity index (χ1) is 12.1. The standard InChI is InChI=1S/C18H15N3OS3/c1-10-3-4-11(2)16-15(10)21-18(25-16)20-14(22)7-13-9-24-17(19-13)12-5-6-23-8-12/h3-6,8-9H,7H2,1-2H3,(H,20,21,22). The van der Waals surface area contributed by atoms with Gasteiger partial charge < -0.3 is 5.32 Å². The van der Waals surface area contributed by atoms with Crippen molar-refractivity contribution in [3.8, 4) is 10.6 Å². The Morgan fingerprint density at radius 1 is 1.12 bits per heavy atom. The molecule has 4 rings (SSSR count). The molecular weight excluding hydrogens is 370 g/mol. The van der Waals surface area contributed by atoms with Gasteiger partial charge >= 0.3 is 0 Å². The van der Waals surface area contributed by atoms with Crippen molar-refractivity contribution in [1.82, 2.24) is 9.97 Å². The molecule has 4 aromatic rings. The summed E-state index contributed by atoms with van der Waals surface area (Å²) < 4.78 is 1.13. The van der Waals surface area contributed by atoms with Crippen molar-refractivity contribution < 1.29 is 4.79 Å². The Hall–Kier alpha value is -2.09. The second-order valence-electron chi connectivity index (χ2n) is 5.78. The van der Waals surface area contributed by atoms with E-state index in [1.165, 1.54) is 16.9 Å². The number of thiophene rings is 1. The van der Waals surface area contributed by atoms with Gasteiger partial charge in [0, 0.05) is 16.3 Å². The van der Waals surface area contributed by atoms with Crippen molar-refractivity contribution >= 4 is 55.3 Å². The number of aromatic nitrogens is 2. The first-order valence-electron chi connectivity index (χ1n) is 7.74. The van der Waals surface area contributed by atoms with Crippen LogP contribution in [0, 0.1) is 13.8 Å². The second kappa shape index (κ2) is 6.67. The highest BCUT2D eigenvalue weighted by Gasteiger charge is 2.13. The lowest BCUT2D eigenvalue weighted by molar-refractivity contribution is -0.115. The molecule has 3 aromatic heterocycles. The van der Waals surface area contributed by atoms with Crippen molar-refractivity contribution in [3.63, 3.8) is 0 Å². The van der Waals surface area contributed by atoms with Crippen LogP contribution >= 0.6 is 34.0 Å². The van der Waals surface area contributed by atoms with Crippen LogP contribution in [-0.2, 0) is 11.2 Å². The van der Waals surface area contributed by atoms with E-state index in [1.807, 2.05) is 23.8 Å². The van der Waals surface area contributed by atoms with Crippen LogP contribution in [0.25, 0.3) is 20.8 Å². The number of anilines is 1. The van der Waals surface area contributed by atoms with E-state index in [0.29, 0.717) is 5.13 Å². The van der Waals surface area contributed by atoms with E-state index >= 15 is 0 Å². The fourth-order valence-electron chi connectivity index (χ4n) is 2.55. The molecule has 0 atom stereocenters. The summed E-state index contributed by atoms with van der Waals surface area (Å²) in [5.41, 5.74) is 5.17. The first kappa shape index (κ1) is 16.4. The summed E-state index contributed by atoms with van der Waals surface area (Å²) in [6, 6.07) is 6.19. The zero-order valence-electron chi connectivity index (χ0n) is 13.7. The largest absolute Gasteiger partial charge is 0.302 e. The van der Waals surface area contributed by atoms with Crippen LogP contribution in [-0.4, -0.2) is 15.9 Å². The molecule has 1 aromatic carbocycles. The number of benzene rings is 1. The predicted molar refractivity (Wildman–Crippen MR) is 107 cm³/mol. The highest BCUT2D eigenvalue weighted by Crippen LogP contribution is 2.31. The number of hydrogen-bond acceptors (Lipinski definition) is 6. The van der Waals surface area contributed by atoms with Gasteiger partial charge in [-0.3, -0.25) is 4.79 Å². The summed E-state index contributed by atoms with van der Waals surface area (Å²) in [5.74, 6) is -0.0865.